The molecule has 90 valence electrons. The first-order chi connectivity index (χ1) is 7.81. The first-order valence-corrected chi connectivity index (χ1v) is 8.14. The molecule has 0 saturated carbocycles. The first-order valence-electron chi connectivity index (χ1n) is 6.21. The van der Waals surface area contributed by atoms with Crippen molar-refractivity contribution in [3.8, 4) is 0 Å². The van der Waals surface area contributed by atoms with E-state index in [-0.39, 0.29) is 0 Å². The van der Waals surface area contributed by atoms with Crippen molar-refractivity contribution in [1.29, 1.82) is 0 Å². The molecule has 16 heavy (non-hydrogen) atoms. The second kappa shape index (κ2) is 6.08. The summed E-state index contributed by atoms with van der Waals surface area (Å²) in [7, 11) is 0. The van der Waals surface area contributed by atoms with Gasteiger partial charge < -0.3 is 5.32 Å². The van der Waals surface area contributed by atoms with Crippen LogP contribution in [0.5, 0.6) is 0 Å². The zero-order valence-corrected chi connectivity index (χ0v) is 11.8. The van der Waals surface area contributed by atoms with Gasteiger partial charge in [0.05, 0.1) is 0 Å². The van der Waals surface area contributed by atoms with Gasteiger partial charge >= 0.3 is 0 Å². The number of hydrogen-bond acceptors (Lipinski definition) is 3. The minimum atomic E-state index is 0.570. The average Bonchev–Trinajstić information content (AvgIpc) is 2.74. The maximum atomic E-state index is 3.67. The standard InChI is InChI=1S/C13H21NS2/c1-3-14-13(11-8-10(2)16-9-11)12-6-4-5-7-15-12/h8-9,12-14H,3-7H2,1-2H3. The van der Waals surface area contributed by atoms with Crippen molar-refractivity contribution in [2.45, 2.75) is 44.4 Å². The summed E-state index contributed by atoms with van der Waals surface area (Å²) in [6.07, 6.45) is 4.18. The summed E-state index contributed by atoms with van der Waals surface area (Å²) in [4.78, 5) is 1.43. The van der Waals surface area contributed by atoms with Crippen molar-refractivity contribution in [3.63, 3.8) is 0 Å². The van der Waals surface area contributed by atoms with E-state index in [0.717, 1.165) is 11.8 Å². The molecule has 1 nitrogen and oxygen atoms in total. The number of aryl methyl sites for hydroxylation is 1. The Kier molecular flexibility index (Phi) is 4.74. The number of thioether (sulfide) groups is 1. The number of hydrogen-bond donors (Lipinski definition) is 1. The zero-order chi connectivity index (χ0) is 11.4. The fourth-order valence-corrected chi connectivity index (χ4v) is 4.53. The molecule has 2 heterocycles. The lowest BCUT2D eigenvalue weighted by Gasteiger charge is -2.30. The van der Waals surface area contributed by atoms with E-state index in [1.807, 2.05) is 11.3 Å². The Morgan fingerprint density at radius 3 is 2.94 bits per heavy atom. The van der Waals surface area contributed by atoms with Crippen molar-refractivity contribution in [2.75, 3.05) is 12.3 Å². The predicted molar refractivity (Wildman–Crippen MR) is 75.6 cm³/mol. The van der Waals surface area contributed by atoms with Gasteiger partial charge in [0.2, 0.25) is 0 Å². The van der Waals surface area contributed by atoms with Crippen LogP contribution in [0.15, 0.2) is 11.4 Å². The highest BCUT2D eigenvalue weighted by molar-refractivity contribution is 8.00. The monoisotopic (exact) mass is 255 g/mol. The Labute approximate surface area is 107 Å². The quantitative estimate of drug-likeness (QED) is 0.873. The van der Waals surface area contributed by atoms with E-state index < -0.39 is 0 Å². The Bertz CT molecular complexity index is 315. The van der Waals surface area contributed by atoms with Crippen LogP contribution in [-0.2, 0) is 0 Å². The SMILES string of the molecule is CCNC(c1csc(C)c1)C1CCCCS1. The van der Waals surface area contributed by atoms with Crippen LogP contribution in [0.25, 0.3) is 0 Å². The molecule has 3 heteroatoms. The lowest BCUT2D eigenvalue weighted by Crippen LogP contribution is -2.31. The van der Waals surface area contributed by atoms with E-state index in [9.17, 15) is 0 Å². The summed E-state index contributed by atoms with van der Waals surface area (Å²) in [5.41, 5.74) is 1.50. The van der Waals surface area contributed by atoms with Crippen molar-refractivity contribution >= 4 is 23.1 Å². The molecule has 0 aliphatic carbocycles. The van der Waals surface area contributed by atoms with Crippen LogP contribution in [0.1, 0.15) is 42.7 Å². The van der Waals surface area contributed by atoms with Gasteiger partial charge in [-0.25, -0.2) is 0 Å². The minimum Gasteiger partial charge on any atom is -0.309 e. The molecule has 0 bridgehead atoms. The molecule has 1 fully saturated rings. The van der Waals surface area contributed by atoms with Crippen LogP contribution in [0.4, 0.5) is 0 Å². The molecule has 1 aliphatic heterocycles. The van der Waals surface area contributed by atoms with Crippen LogP contribution >= 0.6 is 23.1 Å². The molecule has 1 aliphatic rings. The van der Waals surface area contributed by atoms with Gasteiger partial charge in [-0.2, -0.15) is 11.8 Å². The molecule has 2 atom stereocenters. The molecule has 1 saturated heterocycles. The topological polar surface area (TPSA) is 12.0 Å². The van der Waals surface area contributed by atoms with E-state index in [1.165, 1.54) is 35.5 Å². The summed E-state index contributed by atoms with van der Waals surface area (Å²) >= 11 is 4.03. The van der Waals surface area contributed by atoms with Gasteiger partial charge in [0.1, 0.15) is 0 Å². The second-order valence-corrected chi connectivity index (χ2v) is 6.89. The predicted octanol–water partition coefficient (Wildman–Crippen LogP) is 3.99. The van der Waals surface area contributed by atoms with Crippen molar-refractivity contribution in [2.24, 2.45) is 0 Å². The van der Waals surface area contributed by atoms with Gasteiger partial charge in [-0.15, -0.1) is 11.3 Å². The van der Waals surface area contributed by atoms with Crippen molar-refractivity contribution < 1.29 is 0 Å². The fourth-order valence-electron chi connectivity index (χ4n) is 2.34. The Morgan fingerprint density at radius 1 is 1.50 bits per heavy atom. The Morgan fingerprint density at radius 2 is 2.38 bits per heavy atom. The van der Waals surface area contributed by atoms with E-state index in [4.69, 9.17) is 0 Å². The molecule has 1 aromatic heterocycles. The molecule has 0 radical (unpaired) electrons. The average molecular weight is 255 g/mol. The van der Waals surface area contributed by atoms with E-state index in [2.05, 4.69) is 42.4 Å². The number of nitrogens with one attached hydrogen (secondary N) is 1. The molecule has 0 aromatic carbocycles. The highest BCUT2D eigenvalue weighted by Crippen LogP contribution is 2.36. The molecule has 0 amide bonds. The Balaban J connectivity index is 2.09. The van der Waals surface area contributed by atoms with Crippen LogP contribution in [0, 0.1) is 6.92 Å². The third kappa shape index (κ3) is 3.02. The molecule has 1 N–H and O–H groups in total. The van der Waals surface area contributed by atoms with E-state index in [1.54, 1.807) is 0 Å². The highest BCUT2D eigenvalue weighted by atomic mass is 32.2. The van der Waals surface area contributed by atoms with Crippen LogP contribution < -0.4 is 5.32 Å². The fraction of sp³-hybridized carbons (Fsp3) is 0.692. The smallest absolute Gasteiger partial charge is 0.0448 e. The molecular formula is C13H21NS2. The lowest BCUT2D eigenvalue weighted by molar-refractivity contribution is 0.492. The van der Waals surface area contributed by atoms with Crippen LogP contribution in [0.3, 0.4) is 0 Å². The van der Waals surface area contributed by atoms with Gasteiger partial charge in [-0.1, -0.05) is 13.3 Å². The summed E-state index contributed by atoms with van der Waals surface area (Å²) in [5.74, 6) is 1.34. The maximum absolute atomic E-state index is 3.67. The highest BCUT2D eigenvalue weighted by Gasteiger charge is 2.25. The van der Waals surface area contributed by atoms with Crippen LogP contribution in [0.2, 0.25) is 0 Å². The van der Waals surface area contributed by atoms with Crippen molar-refractivity contribution in [3.05, 3.63) is 21.9 Å². The molecular weight excluding hydrogens is 234 g/mol. The van der Waals surface area contributed by atoms with Gasteiger partial charge in [-0.05, 0) is 49.1 Å². The normalized spacial score (nSPS) is 23.2. The summed E-state index contributed by atoms with van der Waals surface area (Å²) in [6, 6.07) is 2.92. The van der Waals surface area contributed by atoms with Gasteiger partial charge in [0, 0.05) is 16.2 Å². The van der Waals surface area contributed by atoms with Gasteiger partial charge in [0.15, 0.2) is 0 Å². The van der Waals surface area contributed by atoms with Crippen molar-refractivity contribution in [1.82, 2.24) is 5.32 Å². The number of rotatable bonds is 4. The summed E-state index contributed by atoms with van der Waals surface area (Å²) in [5, 5.41) is 6.78. The first kappa shape index (κ1) is 12.5. The zero-order valence-electron chi connectivity index (χ0n) is 10.2. The number of thiophene rings is 1. The third-order valence-electron chi connectivity index (χ3n) is 3.12. The maximum Gasteiger partial charge on any atom is 0.0448 e. The van der Waals surface area contributed by atoms with E-state index >= 15 is 0 Å². The summed E-state index contributed by atoms with van der Waals surface area (Å²) in [6.45, 7) is 5.47. The lowest BCUT2D eigenvalue weighted by atomic mass is 10.0. The molecule has 1 aromatic rings. The second-order valence-electron chi connectivity index (χ2n) is 4.43. The van der Waals surface area contributed by atoms with Crippen LogP contribution in [-0.4, -0.2) is 17.5 Å². The molecule has 2 rings (SSSR count). The minimum absolute atomic E-state index is 0.570. The summed E-state index contributed by atoms with van der Waals surface area (Å²) < 4.78 is 0. The van der Waals surface area contributed by atoms with E-state index in [0.29, 0.717) is 6.04 Å². The Hall–Kier alpha value is 0.01000. The van der Waals surface area contributed by atoms with Gasteiger partial charge in [-0.3, -0.25) is 0 Å². The largest absolute Gasteiger partial charge is 0.309 e. The third-order valence-corrected chi connectivity index (χ3v) is 5.46. The molecule has 2 unspecified atom stereocenters. The molecule has 0 spiro atoms. The van der Waals surface area contributed by atoms with Gasteiger partial charge in [0.25, 0.3) is 0 Å².